The number of benzene rings is 1. The van der Waals surface area contributed by atoms with Gasteiger partial charge in [0.25, 0.3) is 0 Å². The molecule has 1 aliphatic heterocycles. The highest BCUT2D eigenvalue weighted by Crippen LogP contribution is 2.13. The molecule has 2 rings (SSSR count). The molecule has 1 heterocycles. The molecule has 0 atom stereocenters. The van der Waals surface area contributed by atoms with E-state index in [-0.39, 0.29) is 0 Å². The standard InChI is InChI=1S/C14H20INO/c15-13-5-7-14(8-6-13)17-12-4-3-11-16-9-1-2-10-16/h5-8H,1-4,9-12H2/p+1. The van der Waals surface area contributed by atoms with Crippen molar-refractivity contribution in [2.24, 2.45) is 0 Å². The van der Waals surface area contributed by atoms with E-state index in [0.29, 0.717) is 0 Å². The Kier molecular flexibility index (Phi) is 5.58. The normalized spacial score (nSPS) is 16.3. The Hall–Kier alpha value is -0.290. The van der Waals surface area contributed by atoms with Crippen molar-refractivity contribution in [3.63, 3.8) is 0 Å². The van der Waals surface area contributed by atoms with Gasteiger partial charge in [0.2, 0.25) is 0 Å². The molecule has 1 aliphatic rings. The van der Waals surface area contributed by atoms with E-state index in [1.54, 1.807) is 4.90 Å². The lowest BCUT2D eigenvalue weighted by Crippen LogP contribution is -3.09. The predicted molar refractivity (Wildman–Crippen MR) is 78.7 cm³/mol. The Morgan fingerprint density at radius 1 is 1.06 bits per heavy atom. The zero-order chi connectivity index (χ0) is 11.9. The van der Waals surface area contributed by atoms with E-state index in [4.69, 9.17) is 4.74 Å². The van der Waals surface area contributed by atoms with Crippen molar-refractivity contribution in [2.45, 2.75) is 25.7 Å². The molecule has 94 valence electrons. The molecule has 1 saturated heterocycles. The molecule has 2 nitrogen and oxygen atoms in total. The van der Waals surface area contributed by atoms with Gasteiger partial charge >= 0.3 is 0 Å². The largest absolute Gasteiger partial charge is 0.494 e. The van der Waals surface area contributed by atoms with Gasteiger partial charge in [0.1, 0.15) is 5.75 Å². The number of rotatable bonds is 6. The van der Waals surface area contributed by atoms with Crippen LogP contribution < -0.4 is 9.64 Å². The van der Waals surface area contributed by atoms with Gasteiger partial charge < -0.3 is 9.64 Å². The van der Waals surface area contributed by atoms with E-state index < -0.39 is 0 Å². The van der Waals surface area contributed by atoms with Gasteiger partial charge in [0.15, 0.2) is 0 Å². The Balaban J connectivity index is 1.55. The van der Waals surface area contributed by atoms with E-state index in [9.17, 15) is 0 Å². The molecule has 1 fully saturated rings. The maximum Gasteiger partial charge on any atom is 0.119 e. The average molecular weight is 346 g/mol. The summed E-state index contributed by atoms with van der Waals surface area (Å²) in [7, 11) is 0. The zero-order valence-corrected chi connectivity index (χ0v) is 12.4. The third-order valence-corrected chi connectivity index (χ3v) is 4.04. The summed E-state index contributed by atoms with van der Waals surface area (Å²) >= 11 is 2.31. The van der Waals surface area contributed by atoms with Gasteiger partial charge in [-0.3, -0.25) is 0 Å². The summed E-state index contributed by atoms with van der Waals surface area (Å²) in [6, 6.07) is 8.27. The highest BCUT2D eigenvalue weighted by atomic mass is 127. The van der Waals surface area contributed by atoms with E-state index in [0.717, 1.165) is 12.4 Å². The van der Waals surface area contributed by atoms with Crippen LogP contribution in [0.1, 0.15) is 25.7 Å². The first-order valence-electron chi connectivity index (χ1n) is 6.56. The lowest BCUT2D eigenvalue weighted by Gasteiger charge is -2.11. The summed E-state index contributed by atoms with van der Waals surface area (Å²) in [5.74, 6) is 0.999. The second kappa shape index (κ2) is 7.21. The van der Waals surface area contributed by atoms with Gasteiger partial charge in [-0.1, -0.05) is 0 Å². The third kappa shape index (κ3) is 4.84. The van der Waals surface area contributed by atoms with Crippen molar-refractivity contribution in [1.29, 1.82) is 0 Å². The molecule has 3 heteroatoms. The molecular formula is C14H21INO+. The van der Waals surface area contributed by atoms with Crippen molar-refractivity contribution < 1.29 is 9.64 Å². The number of likely N-dealkylation sites (tertiary alicyclic amines) is 1. The number of nitrogens with one attached hydrogen (secondary N) is 1. The summed E-state index contributed by atoms with van der Waals surface area (Å²) < 4.78 is 6.97. The van der Waals surface area contributed by atoms with Crippen molar-refractivity contribution in [3.05, 3.63) is 27.8 Å². The number of hydrogen-bond donors (Lipinski definition) is 1. The summed E-state index contributed by atoms with van der Waals surface area (Å²) in [6.45, 7) is 4.96. The van der Waals surface area contributed by atoms with Gasteiger partial charge in [-0.25, -0.2) is 0 Å². The van der Waals surface area contributed by atoms with E-state index in [1.807, 2.05) is 12.1 Å². The number of ether oxygens (including phenoxy) is 1. The molecule has 0 aliphatic carbocycles. The maximum absolute atomic E-state index is 5.71. The van der Waals surface area contributed by atoms with Gasteiger partial charge in [0, 0.05) is 16.4 Å². The molecule has 0 unspecified atom stereocenters. The zero-order valence-electron chi connectivity index (χ0n) is 10.3. The van der Waals surface area contributed by atoms with Crippen molar-refractivity contribution in [3.8, 4) is 5.75 Å². The van der Waals surface area contributed by atoms with Gasteiger partial charge in [-0.15, -0.1) is 0 Å². The van der Waals surface area contributed by atoms with Crippen LogP contribution in [0.2, 0.25) is 0 Å². The van der Waals surface area contributed by atoms with Crippen LogP contribution in [0.4, 0.5) is 0 Å². The lowest BCUT2D eigenvalue weighted by atomic mass is 10.3. The third-order valence-electron chi connectivity index (χ3n) is 3.32. The molecule has 0 radical (unpaired) electrons. The number of hydrogen-bond acceptors (Lipinski definition) is 1. The van der Waals surface area contributed by atoms with Gasteiger partial charge in [-0.05, 0) is 59.7 Å². The second-order valence-electron chi connectivity index (χ2n) is 4.72. The van der Waals surface area contributed by atoms with Crippen LogP contribution >= 0.6 is 22.6 Å². The minimum atomic E-state index is 0.855. The first-order chi connectivity index (χ1) is 8.34. The fourth-order valence-electron chi connectivity index (χ4n) is 2.32. The topological polar surface area (TPSA) is 13.7 Å². The minimum absolute atomic E-state index is 0.855. The summed E-state index contributed by atoms with van der Waals surface area (Å²) in [6.07, 6.45) is 5.32. The average Bonchev–Trinajstić information content (AvgIpc) is 2.84. The van der Waals surface area contributed by atoms with Crippen LogP contribution in [-0.4, -0.2) is 26.2 Å². The molecule has 0 aromatic heterocycles. The van der Waals surface area contributed by atoms with Gasteiger partial charge in [-0.2, -0.15) is 0 Å². The van der Waals surface area contributed by atoms with Crippen LogP contribution in [0.5, 0.6) is 5.75 Å². The molecule has 0 bridgehead atoms. The van der Waals surface area contributed by atoms with Crippen LogP contribution in [0.25, 0.3) is 0 Å². The molecule has 17 heavy (non-hydrogen) atoms. The molecular weight excluding hydrogens is 325 g/mol. The van der Waals surface area contributed by atoms with Crippen LogP contribution in [0.15, 0.2) is 24.3 Å². The Morgan fingerprint density at radius 2 is 1.76 bits per heavy atom. The molecule has 1 aromatic rings. The number of halogens is 1. The summed E-state index contributed by atoms with van der Waals surface area (Å²) in [4.78, 5) is 1.79. The first kappa shape index (κ1) is 13.1. The van der Waals surface area contributed by atoms with Crippen LogP contribution in [-0.2, 0) is 0 Å². The Morgan fingerprint density at radius 3 is 2.47 bits per heavy atom. The minimum Gasteiger partial charge on any atom is -0.494 e. The van der Waals surface area contributed by atoms with E-state index in [2.05, 4.69) is 34.7 Å². The summed E-state index contributed by atoms with van der Waals surface area (Å²) in [5.41, 5.74) is 0. The lowest BCUT2D eigenvalue weighted by molar-refractivity contribution is -0.887. The molecule has 0 saturated carbocycles. The van der Waals surface area contributed by atoms with Crippen molar-refractivity contribution in [2.75, 3.05) is 26.2 Å². The van der Waals surface area contributed by atoms with Crippen molar-refractivity contribution in [1.82, 2.24) is 0 Å². The van der Waals surface area contributed by atoms with E-state index >= 15 is 0 Å². The van der Waals surface area contributed by atoms with Crippen LogP contribution in [0.3, 0.4) is 0 Å². The predicted octanol–water partition coefficient (Wildman–Crippen LogP) is 2.13. The summed E-state index contributed by atoms with van der Waals surface area (Å²) in [5, 5.41) is 0. The maximum atomic E-state index is 5.71. The quantitative estimate of drug-likeness (QED) is 0.616. The van der Waals surface area contributed by atoms with Crippen LogP contribution in [0, 0.1) is 3.57 Å². The molecule has 0 spiro atoms. The fraction of sp³-hybridized carbons (Fsp3) is 0.571. The highest BCUT2D eigenvalue weighted by Gasteiger charge is 2.13. The fourth-order valence-corrected chi connectivity index (χ4v) is 2.68. The van der Waals surface area contributed by atoms with Gasteiger partial charge in [0.05, 0.1) is 26.2 Å². The first-order valence-corrected chi connectivity index (χ1v) is 7.64. The Bertz CT molecular complexity index is 319. The second-order valence-corrected chi connectivity index (χ2v) is 5.96. The van der Waals surface area contributed by atoms with Crippen molar-refractivity contribution >= 4 is 22.6 Å². The number of quaternary nitrogens is 1. The molecule has 1 N–H and O–H groups in total. The monoisotopic (exact) mass is 346 g/mol. The Labute approximate surface area is 117 Å². The highest BCUT2D eigenvalue weighted by molar-refractivity contribution is 14.1. The smallest absolute Gasteiger partial charge is 0.119 e. The SMILES string of the molecule is Ic1ccc(OCCCC[NH+]2CCCC2)cc1. The molecule has 1 aromatic carbocycles. The number of unbranched alkanes of at least 4 members (excludes halogenated alkanes) is 1. The van der Waals surface area contributed by atoms with E-state index in [1.165, 1.54) is 48.9 Å². The molecule has 0 amide bonds.